The summed E-state index contributed by atoms with van der Waals surface area (Å²) in [5.41, 5.74) is 7.93. The van der Waals surface area contributed by atoms with Gasteiger partial charge < -0.3 is 10.5 Å². The highest BCUT2D eigenvalue weighted by molar-refractivity contribution is 5.66. The zero-order valence-corrected chi connectivity index (χ0v) is 21.9. The van der Waals surface area contributed by atoms with Crippen LogP contribution < -0.4 is 5.73 Å². The van der Waals surface area contributed by atoms with Crippen LogP contribution in [0.2, 0.25) is 0 Å². The van der Waals surface area contributed by atoms with E-state index in [4.69, 9.17) is 10.5 Å². The highest BCUT2D eigenvalue weighted by Crippen LogP contribution is 2.68. The zero-order chi connectivity index (χ0) is 23.3. The van der Waals surface area contributed by atoms with Gasteiger partial charge in [-0.15, -0.1) is 0 Å². The van der Waals surface area contributed by atoms with Crippen LogP contribution in [0.15, 0.2) is 0 Å². The van der Waals surface area contributed by atoms with Crippen molar-refractivity contribution in [2.75, 3.05) is 0 Å². The molecule has 2 N–H and O–H groups in total. The van der Waals surface area contributed by atoms with Crippen molar-refractivity contribution in [3.63, 3.8) is 0 Å². The van der Waals surface area contributed by atoms with Crippen molar-refractivity contribution >= 4 is 5.97 Å². The van der Waals surface area contributed by atoms with Gasteiger partial charge in [0.15, 0.2) is 0 Å². The number of hydrogen-bond donors (Lipinski definition) is 1. The molecule has 4 fully saturated rings. The van der Waals surface area contributed by atoms with E-state index in [1.165, 1.54) is 51.4 Å². The van der Waals surface area contributed by atoms with E-state index in [1.807, 2.05) is 0 Å². The zero-order valence-electron chi connectivity index (χ0n) is 21.9. The third-order valence-electron chi connectivity index (χ3n) is 11.2. The summed E-state index contributed by atoms with van der Waals surface area (Å²) in [5, 5.41) is 0. The molecule has 0 bridgehead atoms. The summed E-state index contributed by atoms with van der Waals surface area (Å²) in [6.45, 7) is 14.1. The topological polar surface area (TPSA) is 52.3 Å². The van der Waals surface area contributed by atoms with Gasteiger partial charge in [-0.3, -0.25) is 4.79 Å². The van der Waals surface area contributed by atoms with Crippen LogP contribution in [0.3, 0.4) is 0 Å². The maximum absolute atomic E-state index is 11.5. The molecular weight excluding hydrogens is 394 g/mol. The van der Waals surface area contributed by atoms with Crippen LogP contribution in [-0.4, -0.2) is 18.1 Å². The maximum Gasteiger partial charge on any atom is 0.302 e. The SMILES string of the molecule is CC(=O)O[C@H]1CC[C@@]2(C)[C@H](C1)C[C@H](N)[C@@H]1[C@@H]2CC[C@]2(C)[C@@H]([C@H](C)CCCC(C)C)CC[C@@H]12. The number of carbonyl (C=O) groups is 1. The minimum absolute atomic E-state index is 0.116. The quantitative estimate of drug-likeness (QED) is 0.449. The van der Waals surface area contributed by atoms with Gasteiger partial charge in [0, 0.05) is 13.0 Å². The summed E-state index contributed by atoms with van der Waals surface area (Å²) in [4.78, 5) is 11.5. The number of esters is 1. The fraction of sp³-hybridized carbons (Fsp3) is 0.966. The lowest BCUT2D eigenvalue weighted by atomic mass is 9.43. The van der Waals surface area contributed by atoms with Gasteiger partial charge in [0.05, 0.1) is 0 Å². The molecule has 184 valence electrons. The Morgan fingerprint density at radius 2 is 1.66 bits per heavy atom. The molecule has 0 spiro atoms. The molecule has 3 heteroatoms. The number of fused-ring (bicyclic) bond motifs is 5. The number of nitrogens with two attached hydrogens (primary N) is 1. The molecule has 4 aliphatic carbocycles. The van der Waals surface area contributed by atoms with Crippen LogP contribution in [0.25, 0.3) is 0 Å². The van der Waals surface area contributed by atoms with Crippen molar-refractivity contribution in [1.29, 1.82) is 0 Å². The maximum atomic E-state index is 11.5. The van der Waals surface area contributed by atoms with Gasteiger partial charge in [0.1, 0.15) is 6.10 Å². The standard InChI is InChI=1S/C29H51NO2/c1-18(2)8-7-9-19(3)23-10-11-24-27-25(13-15-29(23,24)6)28(5)14-12-22(32-20(4)31)16-21(28)17-26(27)30/h18-19,21-27H,7-17,30H2,1-6H3/t19-,21-,22+,23-,24+,25+,26+,27+,28+,29-/m1/s1. The predicted octanol–water partition coefficient (Wildman–Crippen LogP) is 6.98. The third-order valence-corrected chi connectivity index (χ3v) is 11.2. The van der Waals surface area contributed by atoms with Gasteiger partial charge in [0.25, 0.3) is 0 Å². The second-order valence-electron chi connectivity index (χ2n) is 13.4. The van der Waals surface area contributed by atoms with Crippen molar-refractivity contribution in [1.82, 2.24) is 0 Å². The fourth-order valence-electron chi connectivity index (χ4n) is 9.65. The molecule has 0 radical (unpaired) electrons. The normalized spacial score (nSPS) is 46.8. The van der Waals surface area contributed by atoms with Crippen molar-refractivity contribution < 1.29 is 9.53 Å². The first-order valence-corrected chi connectivity index (χ1v) is 14.0. The molecule has 0 heterocycles. The molecule has 0 aromatic carbocycles. The van der Waals surface area contributed by atoms with Gasteiger partial charge >= 0.3 is 5.97 Å². The van der Waals surface area contributed by atoms with E-state index in [0.29, 0.717) is 28.7 Å². The number of hydrogen-bond acceptors (Lipinski definition) is 3. The average molecular weight is 446 g/mol. The smallest absolute Gasteiger partial charge is 0.302 e. The molecule has 0 unspecified atom stereocenters. The van der Waals surface area contributed by atoms with E-state index >= 15 is 0 Å². The molecule has 4 rings (SSSR count). The Morgan fingerprint density at radius 1 is 0.969 bits per heavy atom. The van der Waals surface area contributed by atoms with Crippen LogP contribution >= 0.6 is 0 Å². The van der Waals surface area contributed by atoms with Gasteiger partial charge in [0.2, 0.25) is 0 Å². The Labute approximate surface area is 198 Å². The largest absolute Gasteiger partial charge is 0.463 e. The van der Waals surface area contributed by atoms with Crippen LogP contribution in [0.1, 0.15) is 112 Å². The Bertz CT molecular complexity index is 676. The minimum Gasteiger partial charge on any atom is -0.463 e. The van der Waals surface area contributed by atoms with E-state index < -0.39 is 0 Å². The van der Waals surface area contributed by atoms with Crippen molar-refractivity contribution in [3.05, 3.63) is 0 Å². The first kappa shape index (κ1) is 24.6. The summed E-state index contributed by atoms with van der Waals surface area (Å²) in [5.74, 6) is 5.35. The van der Waals surface area contributed by atoms with Gasteiger partial charge in [-0.25, -0.2) is 0 Å². The van der Waals surface area contributed by atoms with E-state index in [2.05, 4.69) is 34.6 Å². The summed E-state index contributed by atoms with van der Waals surface area (Å²) in [6.07, 6.45) is 14.3. The Hall–Kier alpha value is -0.570. The molecule has 3 nitrogen and oxygen atoms in total. The molecule has 10 atom stereocenters. The van der Waals surface area contributed by atoms with Crippen LogP contribution in [-0.2, 0) is 9.53 Å². The second-order valence-corrected chi connectivity index (χ2v) is 13.4. The van der Waals surface area contributed by atoms with E-state index in [1.54, 1.807) is 6.92 Å². The summed E-state index contributed by atoms with van der Waals surface area (Å²) < 4.78 is 5.65. The van der Waals surface area contributed by atoms with Crippen molar-refractivity contribution in [2.45, 2.75) is 124 Å². The third kappa shape index (κ3) is 4.29. The van der Waals surface area contributed by atoms with Gasteiger partial charge in [-0.1, -0.05) is 53.9 Å². The average Bonchev–Trinajstić information content (AvgIpc) is 3.05. The van der Waals surface area contributed by atoms with Gasteiger partial charge in [-0.2, -0.15) is 0 Å². The lowest BCUT2D eigenvalue weighted by Gasteiger charge is -2.63. The molecule has 0 aromatic heterocycles. The number of ether oxygens (including phenoxy) is 1. The summed E-state index contributed by atoms with van der Waals surface area (Å²) in [7, 11) is 0. The van der Waals surface area contributed by atoms with E-state index in [9.17, 15) is 4.79 Å². The summed E-state index contributed by atoms with van der Waals surface area (Å²) in [6, 6.07) is 0.328. The molecule has 32 heavy (non-hydrogen) atoms. The lowest BCUT2D eigenvalue weighted by molar-refractivity contribution is -0.162. The minimum atomic E-state index is -0.121. The Kier molecular flexibility index (Phi) is 7.08. The first-order chi connectivity index (χ1) is 15.1. The molecule has 0 saturated heterocycles. The van der Waals surface area contributed by atoms with E-state index in [0.717, 1.165) is 48.9 Å². The molecule has 4 saturated carbocycles. The van der Waals surface area contributed by atoms with Gasteiger partial charge in [-0.05, 0) is 104 Å². The highest BCUT2D eigenvalue weighted by atomic mass is 16.5. The van der Waals surface area contributed by atoms with Crippen LogP contribution in [0, 0.1) is 52.3 Å². The van der Waals surface area contributed by atoms with Crippen LogP contribution in [0.5, 0.6) is 0 Å². The molecule has 4 aliphatic rings. The molecular formula is C29H51NO2. The van der Waals surface area contributed by atoms with Crippen molar-refractivity contribution in [2.24, 2.45) is 58.0 Å². The molecule has 0 aliphatic heterocycles. The monoisotopic (exact) mass is 445 g/mol. The number of carbonyl (C=O) groups excluding carboxylic acids is 1. The molecule has 0 amide bonds. The van der Waals surface area contributed by atoms with E-state index in [-0.39, 0.29) is 12.1 Å². The van der Waals surface area contributed by atoms with Crippen molar-refractivity contribution in [3.8, 4) is 0 Å². The lowest BCUT2D eigenvalue weighted by Crippen LogP contribution is -2.60. The fourth-order valence-corrected chi connectivity index (χ4v) is 9.65. The first-order valence-electron chi connectivity index (χ1n) is 14.0. The highest BCUT2D eigenvalue weighted by Gasteiger charge is 2.62. The number of rotatable bonds is 6. The predicted molar refractivity (Wildman–Crippen MR) is 132 cm³/mol. The Morgan fingerprint density at radius 3 is 2.34 bits per heavy atom. The summed E-state index contributed by atoms with van der Waals surface area (Å²) >= 11 is 0. The molecule has 0 aromatic rings. The van der Waals surface area contributed by atoms with Crippen LogP contribution in [0.4, 0.5) is 0 Å². The Balaban J connectivity index is 1.48. The second kappa shape index (κ2) is 9.23.